The Morgan fingerprint density at radius 3 is 1.36 bits per heavy atom. The third kappa shape index (κ3) is 4.12. The lowest BCUT2D eigenvalue weighted by atomic mass is 9.82. The second-order valence-electron chi connectivity index (χ2n) is 7.40. The highest BCUT2D eigenvalue weighted by Crippen LogP contribution is 2.35. The quantitative estimate of drug-likeness (QED) is 0.852. The molecule has 2 aromatic carbocycles. The predicted octanol–water partition coefficient (Wildman–Crippen LogP) is 3.13. The van der Waals surface area contributed by atoms with Crippen LogP contribution < -0.4 is 0 Å². The van der Waals surface area contributed by atoms with Crippen LogP contribution in [0.5, 0.6) is 0 Å². The fraction of sp³-hybridized carbons (Fsp3) is 0.455. The molecule has 1 aliphatic rings. The zero-order valence-electron chi connectivity index (χ0n) is 15.9. The van der Waals surface area contributed by atoms with Crippen molar-refractivity contribution in [2.24, 2.45) is 0 Å². The summed E-state index contributed by atoms with van der Waals surface area (Å²) in [5.41, 5.74) is 2.62. The molecule has 0 radical (unpaired) electrons. The molecule has 1 aliphatic heterocycles. The van der Waals surface area contributed by atoms with E-state index in [2.05, 4.69) is 96.4 Å². The van der Waals surface area contributed by atoms with Crippen LogP contribution in [-0.4, -0.2) is 68.1 Å². The minimum absolute atomic E-state index is 0.117. The van der Waals surface area contributed by atoms with E-state index in [1.807, 2.05) is 0 Å². The largest absolute Gasteiger partial charge is 0.304 e. The van der Waals surface area contributed by atoms with Crippen molar-refractivity contribution in [1.29, 1.82) is 0 Å². The molecular weight excluding hydrogens is 306 g/mol. The van der Waals surface area contributed by atoms with Crippen molar-refractivity contribution in [3.05, 3.63) is 71.8 Å². The lowest BCUT2D eigenvalue weighted by Crippen LogP contribution is -2.49. The molecule has 25 heavy (non-hydrogen) atoms. The molecular formula is C22H31N3. The van der Waals surface area contributed by atoms with Gasteiger partial charge in [-0.3, -0.25) is 4.90 Å². The highest BCUT2D eigenvalue weighted by atomic mass is 15.3. The van der Waals surface area contributed by atoms with Crippen LogP contribution in [0.1, 0.15) is 18.1 Å². The van der Waals surface area contributed by atoms with E-state index in [1.165, 1.54) is 11.1 Å². The molecule has 0 spiro atoms. The van der Waals surface area contributed by atoms with Gasteiger partial charge in [-0.1, -0.05) is 60.7 Å². The van der Waals surface area contributed by atoms with Crippen molar-refractivity contribution in [2.45, 2.75) is 12.5 Å². The maximum Gasteiger partial charge on any atom is 0.0687 e. The number of likely N-dealkylation sites (N-methyl/N-ethyl adjacent to an activating group) is 2. The second-order valence-corrected chi connectivity index (χ2v) is 7.40. The number of hydrogen-bond acceptors (Lipinski definition) is 3. The summed E-state index contributed by atoms with van der Waals surface area (Å²) >= 11 is 0. The Morgan fingerprint density at radius 2 is 0.960 bits per heavy atom. The average molecular weight is 338 g/mol. The van der Waals surface area contributed by atoms with Gasteiger partial charge in [0.1, 0.15) is 0 Å². The molecule has 2 aromatic rings. The van der Waals surface area contributed by atoms with Gasteiger partial charge in [-0.05, 0) is 32.1 Å². The van der Waals surface area contributed by atoms with Gasteiger partial charge in [-0.15, -0.1) is 0 Å². The first kappa shape index (κ1) is 18.1. The van der Waals surface area contributed by atoms with E-state index < -0.39 is 0 Å². The maximum absolute atomic E-state index is 2.66. The van der Waals surface area contributed by atoms with Crippen molar-refractivity contribution in [3.8, 4) is 0 Å². The monoisotopic (exact) mass is 337 g/mol. The molecule has 3 rings (SSSR count). The van der Waals surface area contributed by atoms with Gasteiger partial charge >= 0.3 is 0 Å². The number of nitrogens with zero attached hydrogens (tertiary/aromatic N) is 3. The zero-order valence-corrected chi connectivity index (χ0v) is 15.9. The Labute approximate surface area is 152 Å². The van der Waals surface area contributed by atoms with Gasteiger partial charge < -0.3 is 9.80 Å². The van der Waals surface area contributed by atoms with Gasteiger partial charge in [-0.25, -0.2) is 0 Å². The fourth-order valence-corrected chi connectivity index (χ4v) is 3.76. The molecule has 0 atom stereocenters. The molecule has 0 bridgehead atoms. The van der Waals surface area contributed by atoms with E-state index in [1.54, 1.807) is 0 Å². The summed E-state index contributed by atoms with van der Waals surface area (Å²) in [5.74, 6) is 0. The van der Waals surface area contributed by atoms with Gasteiger partial charge in [-0.2, -0.15) is 0 Å². The van der Waals surface area contributed by atoms with E-state index in [0.717, 1.165) is 39.3 Å². The summed E-state index contributed by atoms with van der Waals surface area (Å²) in [4.78, 5) is 7.56. The maximum atomic E-state index is 2.66. The Hall–Kier alpha value is -1.68. The Kier molecular flexibility index (Phi) is 5.89. The molecule has 0 saturated carbocycles. The molecule has 3 nitrogen and oxygen atoms in total. The van der Waals surface area contributed by atoms with Gasteiger partial charge in [0.05, 0.1) is 5.54 Å². The Bertz CT molecular complexity index is 587. The molecule has 1 fully saturated rings. The highest BCUT2D eigenvalue weighted by Gasteiger charge is 2.35. The first-order valence-electron chi connectivity index (χ1n) is 9.34. The normalized spacial score (nSPS) is 19.2. The Balaban J connectivity index is 2.01. The number of hydrogen-bond donors (Lipinski definition) is 0. The molecule has 0 aromatic heterocycles. The zero-order chi connectivity index (χ0) is 17.7. The van der Waals surface area contributed by atoms with Gasteiger partial charge in [0.2, 0.25) is 0 Å². The number of benzene rings is 2. The summed E-state index contributed by atoms with van der Waals surface area (Å²) in [6, 6.07) is 21.9. The van der Waals surface area contributed by atoms with Crippen LogP contribution in [0.4, 0.5) is 0 Å². The third-order valence-electron chi connectivity index (χ3n) is 5.67. The van der Waals surface area contributed by atoms with Crippen molar-refractivity contribution in [1.82, 2.24) is 14.7 Å². The molecule has 1 saturated heterocycles. The lowest BCUT2D eigenvalue weighted by Gasteiger charge is -2.43. The van der Waals surface area contributed by atoms with Crippen molar-refractivity contribution < 1.29 is 0 Å². The molecule has 1 heterocycles. The van der Waals surface area contributed by atoms with Crippen LogP contribution in [-0.2, 0) is 5.54 Å². The average Bonchev–Trinajstić information content (AvgIpc) is 2.74. The molecule has 134 valence electrons. The molecule has 0 amide bonds. The van der Waals surface area contributed by atoms with Crippen molar-refractivity contribution in [2.75, 3.05) is 53.4 Å². The van der Waals surface area contributed by atoms with Crippen LogP contribution >= 0.6 is 0 Å². The smallest absolute Gasteiger partial charge is 0.0687 e. The minimum atomic E-state index is -0.117. The minimum Gasteiger partial charge on any atom is -0.304 e. The highest BCUT2D eigenvalue weighted by molar-refractivity contribution is 5.37. The predicted molar refractivity (Wildman–Crippen MR) is 106 cm³/mol. The van der Waals surface area contributed by atoms with E-state index >= 15 is 0 Å². The van der Waals surface area contributed by atoms with E-state index in [4.69, 9.17) is 0 Å². The van der Waals surface area contributed by atoms with E-state index in [0.29, 0.717) is 0 Å². The summed E-state index contributed by atoms with van der Waals surface area (Å²) < 4.78 is 0. The van der Waals surface area contributed by atoms with Crippen LogP contribution in [0.3, 0.4) is 0 Å². The van der Waals surface area contributed by atoms with Gasteiger partial charge in [0.15, 0.2) is 0 Å². The summed E-state index contributed by atoms with van der Waals surface area (Å²) in [6.07, 6.45) is 0. The topological polar surface area (TPSA) is 9.72 Å². The summed E-state index contributed by atoms with van der Waals surface area (Å²) in [5, 5.41) is 0. The van der Waals surface area contributed by atoms with E-state index in [-0.39, 0.29) is 5.54 Å². The van der Waals surface area contributed by atoms with Gasteiger partial charge in [0.25, 0.3) is 0 Å². The van der Waals surface area contributed by atoms with Crippen LogP contribution in [0.2, 0.25) is 0 Å². The Morgan fingerprint density at radius 1 is 0.600 bits per heavy atom. The van der Waals surface area contributed by atoms with Crippen molar-refractivity contribution >= 4 is 0 Å². The van der Waals surface area contributed by atoms with Crippen LogP contribution in [0.25, 0.3) is 0 Å². The summed E-state index contributed by atoms with van der Waals surface area (Å²) in [7, 11) is 4.47. The van der Waals surface area contributed by atoms with Gasteiger partial charge in [0, 0.05) is 39.3 Å². The van der Waals surface area contributed by atoms with Crippen LogP contribution in [0, 0.1) is 0 Å². The molecule has 0 N–H and O–H groups in total. The summed E-state index contributed by atoms with van der Waals surface area (Å²) in [6.45, 7) is 9.01. The number of rotatable bonds is 3. The van der Waals surface area contributed by atoms with E-state index in [9.17, 15) is 0 Å². The molecule has 0 unspecified atom stereocenters. The first-order chi connectivity index (χ1) is 12.1. The first-order valence-corrected chi connectivity index (χ1v) is 9.34. The molecule has 0 aliphatic carbocycles. The lowest BCUT2D eigenvalue weighted by molar-refractivity contribution is 0.122. The van der Waals surface area contributed by atoms with Crippen molar-refractivity contribution in [3.63, 3.8) is 0 Å². The third-order valence-corrected chi connectivity index (χ3v) is 5.67. The van der Waals surface area contributed by atoms with Crippen LogP contribution in [0.15, 0.2) is 60.7 Å². The molecule has 3 heteroatoms. The second kappa shape index (κ2) is 8.13. The SMILES string of the molecule is CN1CCN(C)CCN(C(C)(c2ccccc2)c2ccccc2)CC1. The standard InChI is InChI=1S/C22H31N3/c1-22(20-10-6-4-7-11-20,21-12-8-5-9-13-21)25-18-16-23(2)14-15-24(3)17-19-25/h4-13H,14-19H2,1-3H3. The fourth-order valence-electron chi connectivity index (χ4n) is 3.76.